The molecule has 1 aromatic rings. The van der Waals surface area contributed by atoms with Crippen molar-refractivity contribution in [3.05, 3.63) is 27.2 Å². The fourth-order valence-corrected chi connectivity index (χ4v) is 3.14. The van der Waals surface area contributed by atoms with Gasteiger partial charge in [-0.05, 0) is 33.6 Å². The molecular weight excluding hydrogens is 278 g/mol. The summed E-state index contributed by atoms with van der Waals surface area (Å²) < 4.78 is 25.7. The van der Waals surface area contributed by atoms with Crippen molar-refractivity contribution in [2.45, 2.75) is 11.4 Å². The monoisotopic (exact) mass is 281 g/mol. The van der Waals surface area contributed by atoms with Crippen LogP contribution in [0.5, 0.6) is 0 Å². The Kier molecular flexibility index (Phi) is 2.14. The molecule has 1 N–H and O–H groups in total. The summed E-state index contributed by atoms with van der Waals surface area (Å²) in [6.45, 7) is 0.324. The van der Waals surface area contributed by atoms with Gasteiger partial charge >= 0.3 is 0 Å². The molecule has 70 valence electrons. The van der Waals surface area contributed by atoms with E-state index >= 15 is 0 Å². The first-order valence-corrected chi connectivity index (χ1v) is 6.14. The molecule has 1 aliphatic heterocycles. The van der Waals surface area contributed by atoms with E-state index in [1.165, 1.54) is 6.07 Å². The summed E-state index contributed by atoms with van der Waals surface area (Å²) in [5.74, 6) is 0. The Morgan fingerprint density at radius 2 is 2.15 bits per heavy atom. The van der Waals surface area contributed by atoms with Crippen molar-refractivity contribution in [1.29, 1.82) is 0 Å². The molecule has 0 amide bonds. The molecule has 0 aromatic heterocycles. The molecule has 0 spiro atoms. The van der Waals surface area contributed by atoms with Gasteiger partial charge in [0, 0.05) is 11.0 Å². The number of hydrogen-bond acceptors (Lipinski definition) is 2. The minimum atomic E-state index is -3.28. The van der Waals surface area contributed by atoms with Crippen LogP contribution >= 0.6 is 27.5 Å². The molecule has 0 fully saturated rings. The van der Waals surface area contributed by atoms with Crippen LogP contribution in [0.25, 0.3) is 0 Å². The fraction of sp³-hybridized carbons (Fsp3) is 0.143. The van der Waals surface area contributed by atoms with Crippen LogP contribution in [0.1, 0.15) is 5.56 Å². The third-order valence-electron chi connectivity index (χ3n) is 1.85. The topological polar surface area (TPSA) is 46.2 Å². The van der Waals surface area contributed by atoms with Gasteiger partial charge in [-0.15, -0.1) is 0 Å². The lowest BCUT2D eigenvalue weighted by Gasteiger charge is -1.99. The molecule has 6 heteroatoms. The predicted molar refractivity (Wildman–Crippen MR) is 53.2 cm³/mol. The van der Waals surface area contributed by atoms with E-state index in [0.29, 0.717) is 26.5 Å². The first kappa shape index (κ1) is 9.45. The van der Waals surface area contributed by atoms with Gasteiger partial charge in [0.1, 0.15) is 0 Å². The Bertz CT molecular complexity index is 472. The van der Waals surface area contributed by atoms with Gasteiger partial charge in [0.2, 0.25) is 10.0 Å². The summed E-state index contributed by atoms with van der Waals surface area (Å²) in [5.41, 5.74) is 0.716. The minimum Gasteiger partial charge on any atom is -0.207 e. The van der Waals surface area contributed by atoms with E-state index in [1.807, 2.05) is 0 Å². The average molecular weight is 283 g/mol. The summed E-state index contributed by atoms with van der Waals surface area (Å²) in [6, 6.07) is 3.17. The quantitative estimate of drug-likeness (QED) is 0.790. The molecular formula is C7H5BrClNO2S. The Balaban J connectivity index is 2.75. The molecule has 0 atom stereocenters. The highest BCUT2D eigenvalue weighted by atomic mass is 79.9. The summed E-state index contributed by atoms with van der Waals surface area (Å²) in [4.78, 5) is 0.309. The second kappa shape index (κ2) is 2.95. The van der Waals surface area contributed by atoms with Crippen LogP contribution in [0.4, 0.5) is 0 Å². The summed E-state index contributed by atoms with van der Waals surface area (Å²) in [5, 5.41) is 0.526. The van der Waals surface area contributed by atoms with Crippen molar-refractivity contribution >= 4 is 37.6 Å². The molecule has 0 bridgehead atoms. The lowest BCUT2D eigenvalue weighted by atomic mass is 10.2. The van der Waals surface area contributed by atoms with Crippen LogP contribution in [0.3, 0.4) is 0 Å². The van der Waals surface area contributed by atoms with Crippen molar-refractivity contribution < 1.29 is 8.42 Å². The van der Waals surface area contributed by atoms with Crippen LogP contribution in [-0.2, 0) is 16.6 Å². The number of sulfonamides is 1. The van der Waals surface area contributed by atoms with Gasteiger partial charge in [0.15, 0.2) is 0 Å². The molecule has 13 heavy (non-hydrogen) atoms. The van der Waals surface area contributed by atoms with Crippen molar-refractivity contribution in [3.8, 4) is 0 Å². The van der Waals surface area contributed by atoms with Gasteiger partial charge in [-0.25, -0.2) is 13.1 Å². The third kappa shape index (κ3) is 1.50. The van der Waals surface area contributed by atoms with Crippen molar-refractivity contribution in [1.82, 2.24) is 4.72 Å². The van der Waals surface area contributed by atoms with E-state index in [4.69, 9.17) is 11.6 Å². The Morgan fingerprint density at radius 1 is 1.46 bits per heavy atom. The minimum absolute atomic E-state index is 0.309. The lowest BCUT2D eigenvalue weighted by Crippen LogP contribution is -2.13. The number of halogens is 2. The molecule has 0 saturated heterocycles. The highest BCUT2D eigenvalue weighted by Gasteiger charge is 2.26. The molecule has 1 aromatic carbocycles. The summed E-state index contributed by atoms with van der Waals surface area (Å²) in [7, 11) is -3.28. The molecule has 1 heterocycles. The highest BCUT2D eigenvalue weighted by Crippen LogP contribution is 2.31. The van der Waals surface area contributed by atoms with Crippen LogP contribution in [-0.4, -0.2) is 8.42 Å². The Hall–Kier alpha value is -0.100. The van der Waals surface area contributed by atoms with E-state index in [-0.39, 0.29) is 0 Å². The second-order valence-electron chi connectivity index (χ2n) is 2.70. The number of rotatable bonds is 0. The second-order valence-corrected chi connectivity index (χ2v) is 5.70. The van der Waals surface area contributed by atoms with Crippen LogP contribution < -0.4 is 4.72 Å². The third-order valence-corrected chi connectivity index (χ3v) is 4.53. The maximum absolute atomic E-state index is 11.3. The molecule has 0 saturated carbocycles. The van der Waals surface area contributed by atoms with E-state index < -0.39 is 10.0 Å². The fourth-order valence-electron chi connectivity index (χ4n) is 1.21. The molecule has 0 aliphatic carbocycles. The van der Waals surface area contributed by atoms with Gasteiger partial charge in [-0.1, -0.05) is 11.6 Å². The average Bonchev–Trinajstić information content (AvgIpc) is 2.31. The van der Waals surface area contributed by atoms with E-state index in [9.17, 15) is 8.42 Å². The van der Waals surface area contributed by atoms with Gasteiger partial charge in [-0.2, -0.15) is 0 Å². The highest BCUT2D eigenvalue weighted by molar-refractivity contribution is 9.10. The zero-order valence-corrected chi connectivity index (χ0v) is 9.50. The van der Waals surface area contributed by atoms with Crippen molar-refractivity contribution in [2.75, 3.05) is 0 Å². The first-order chi connectivity index (χ1) is 6.00. The van der Waals surface area contributed by atoms with Gasteiger partial charge in [0.05, 0.1) is 9.92 Å². The zero-order chi connectivity index (χ0) is 9.64. The SMILES string of the molecule is O=S1(=O)NCc2cc(Cl)c(Br)cc21. The van der Waals surface area contributed by atoms with E-state index in [0.717, 1.165) is 0 Å². The van der Waals surface area contributed by atoms with Gasteiger partial charge < -0.3 is 0 Å². The van der Waals surface area contributed by atoms with E-state index in [1.54, 1.807) is 6.07 Å². The molecule has 0 radical (unpaired) electrons. The number of fused-ring (bicyclic) bond motifs is 1. The van der Waals surface area contributed by atoms with Gasteiger partial charge in [0.25, 0.3) is 0 Å². The number of benzene rings is 1. The standard InChI is InChI=1S/C7H5BrClNO2S/c8-5-2-7-4(1-6(5)9)3-10-13(7,11)12/h1-2,10H,3H2. The summed E-state index contributed by atoms with van der Waals surface area (Å²) in [6.07, 6.45) is 0. The van der Waals surface area contributed by atoms with Crippen molar-refractivity contribution in [2.24, 2.45) is 0 Å². The van der Waals surface area contributed by atoms with Crippen LogP contribution in [0.15, 0.2) is 21.5 Å². The maximum Gasteiger partial charge on any atom is 0.241 e. The molecule has 2 rings (SSSR count). The Labute approximate surface area is 89.3 Å². The first-order valence-electron chi connectivity index (χ1n) is 3.48. The van der Waals surface area contributed by atoms with Crippen LogP contribution in [0, 0.1) is 0 Å². The molecule has 3 nitrogen and oxygen atoms in total. The van der Waals surface area contributed by atoms with Crippen LogP contribution in [0.2, 0.25) is 5.02 Å². The molecule has 1 aliphatic rings. The largest absolute Gasteiger partial charge is 0.241 e. The Morgan fingerprint density at radius 3 is 2.85 bits per heavy atom. The zero-order valence-electron chi connectivity index (χ0n) is 6.34. The maximum atomic E-state index is 11.3. The number of nitrogens with one attached hydrogen (secondary N) is 1. The smallest absolute Gasteiger partial charge is 0.207 e. The molecule has 0 unspecified atom stereocenters. The van der Waals surface area contributed by atoms with Gasteiger partial charge in [-0.3, -0.25) is 0 Å². The number of hydrogen-bond donors (Lipinski definition) is 1. The van der Waals surface area contributed by atoms with E-state index in [2.05, 4.69) is 20.7 Å². The van der Waals surface area contributed by atoms with Crippen molar-refractivity contribution in [3.63, 3.8) is 0 Å². The normalized spacial score (nSPS) is 18.6. The predicted octanol–water partition coefficient (Wildman–Crippen LogP) is 1.89. The lowest BCUT2D eigenvalue weighted by molar-refractivity contribution is 0.589. The summed E-state index contributed by atoms with van der Waals surface area (Å²) >= 11 is 8.99.